The molecule has 20 heavy (non-hydrogen) atoms. The molecule has 2 aromatic rings. The lowest BCUT2D eigenvalue weighted by atomic mass is 10.0. The number of fused-ring (bicyclic) bond motifs is 1. The van der Waals surface area contributed by atoms with E-state index in [1.165, 1.54) is 16.3 Å². The van der Waals surface area contributed by atoms with Crippen molar-refractivity contribution in [1.29, 1.82) is 0 Å². The summed E-state index contributed by atoms with van der Waals surface area (Å²) in [6, 6.07) is 14.7. The largest absolute Gasteiger partial charge is 0.354 e. The van der Waals surface area contributed by atoms with Gasteiger partial charge in [0.15, 0.2) is 0 Å². The highest BCUT2D eigenvalue weighted by Gasteiger charge is 2.21. The summed E-state index contributed by atoms with van der Waals surface area (Å²) in [4.78, 5) is 11.9. The number of rotatable bonds is 4. The Labute approximate surface area is 119 Å². The second kappa shape index (κ2) is 6.06. The molecule has 104 valence electrons. The van der Waals surface area contributed by atoms with Gasteiger partial charge in [-0.3, -0.25) is 4.79 Å². The lowest BCUT2D eigenvalue weighted by Crippen LogP contribution is -2.41. The Hall–Kier alpha value is -1.87. The lowest BCUT2D eigenvalue weighted by Gasteiger charge is -2.12. The summed E-state index contributed by atoms with van der Waals surface area (Å²) in [6.07, 6.45) is 2.93. The molecule has 0 saturated carbocycles. The summed E-state index contributed by atoms with van der Waals surface area (Å²) in [6.45, 7) is 1.66. The molecule has 0 aromatic heterocycles. The van der Waals surface area contributed by atoms with Crippen molar-refractivity contribution in [2.24, 2.45) is 0 Å². The zero-order valence-corrected chi connectivity index (χ0v) is 11.6. The molecule has 1 saturated heterocycles. The number of benzene rings is 2. The maximum atomic E-state index is 11.9. The van der Waals surface area contributed by atoms with Gasteiger partial charge in [-0.1, -0.05) is 42.5 Å². The molecule has 3 heteroatoms. The highest BCUT2D eigenvalue weighted by Crippen LogP contribution is 2.18. The topological polar surface area (TPSA) is 41.1 Å². The summed E-state index contributed by atoms with van der Waals surface area (Å²) < 4.78 is 0. The van der Waals surface area contributed by atoms with Crippen LogP contribution in [-0.2, 0) is 11.2 Å². The maximum Gasteiger partial charge on any atom is 0.237 e. The first-order valence-electron chi connectivity index (χ1n) is 7.32. The van der Waals surface area contributed by atoms with Gasteiger partial charge in [-0.15, -0.1) is 0 Å². The molecule has 3 nitrogen and oxygen atoms in total. The second-order valence-electron chi connectivity index (χ2n) is 5.33. The molecular weight excluding hydrogens is 248 g/mol. The third-order valence-electron chi connectivity index (χ3n) is 3.95. The monoisotopic (exact) mass is 268 g/mol. The smallest absolute Gasteiger partial charge is 0.237 e. The predicted octanol–water partition coefficient (Wildman–Crippen LogP) is 2.25. The number of carbonyl (C=O) groups excluding carboxylic acids is 1. The van der Waals surface area contributed by atoms with Crippen molar-refractivity contribution in [2.45, 2.75) is 25.3 Å². The van der Waals surface area contributed by atoms with Crippen molar-refractivity contribution >= 4 is 16.7 Å². The van der Waals surface area contributed by atoms with E-state index in [9.17, 15) is 4.79 Å². The molecule has 3 rings (SSSR count). The van der Waals surface area contributed by atoms with Gasteiger partial charge >= 0.3 is 0 Å². The van der Waals surface area contributed by atoms with Crippen LogP contribution in [-0.4, -0.2) is 25.0 Å². The van der Waals surface area contributed by atoms with Crippen molar-refractivity contribution in [2.75, 3.05) is 13.1 Å². The minimum Gasteiger partial charge on any atom is -0.354 e. The van der Waals surface area contributed by atoms with E-state index >= 15 is 0 Å². The molecule has 1 fully saturated rings. The SMILES string of the molecule is O=C(NCCc1cccc2ccccc12)C1CCCN1. The van der Waals surface area contributed by atoms with Crippen LogP contribution >= 0.6 is 0 Å². The summed E-state index contributed by atoms with van der Waals surface area (Å²) in [7, 11) is 0. The quantitative estimate of drug-likeness (QED) is 0.893. The molecule has 0 radical (unpaired) electrons. The van der Waals surface area contributed by atoms with Gasteiger partial charge in [0.1, 0.15) is 0 Å². The third kappa shape index (κ3) is 2.83. The standard InChI is InChI=1S/C17H20N2O/c20-17(16-9-4-11-18-16)19-12-10-14-7-3-6-13-5-1-2-8-15(13)14/h1-3,5-8,16,18H,4,9-12H2,(H,19,20). The Morgan fingerprint density at radius 3 is 2.90 bits per heavy atom. The van der Waals surface area contributed by atoms with Gasteiger partial charge < -0.3 is 10.6 Å². The number of nitrogens with one attached hydrogen (secondary N) is 2. The number of hydrogen-bond donors (Lipinski definition) is 2. The average molecular weight is 268 g/mol. The van der Waals surface area contributed by atoms with Crippen molar-refractivity contribution < 1.29 is 4.79 Å². The van der Waals surface area contributed by atoms with Gasteiger partial charge in [0.2, 0.25) is 5.91 Å². The first-order chi connectivity index (χ1) is 9.84. The molecule has 2 aromatic carbocycles. The highest BCUT2D eigenvalue weighted by atomic mass is 16.2. The van der Waals surface area contributed by atoms with E-state index in [-0.39, 0.29) is 11.9 Å². The van der Waals surface area contributed by atoms with E-state index in [2.05, 4.69) is 53.1 Å². The fourth-order valence-corrected chi connectivity index (χ4v) is 2.86. The fraction of sp³-hybridized carbons (Fsp3) is 0.353. The van der Waals surface area contributed by atoms with E-state index in [4.69, 9.17) is 0 Å². The Bertz CT molecular complexity index is 597. The van der Waals surface area contributed by atoms with Crippen LogP contribution in [0.1, 0.15) is 18.4 Å². The molecule has 1 heterocycles. The van der Waals surface area contributed by atoms with Gasteiger partial charge in [-0.2, -0.15) is 0 Å². The molecule has 1 aliphatic heterocycles. The normalized spacial score (nSPS) is 18.3. The number of hydrogen-bond acceptors (Lipinski definition) is 2. The minimum atomic E-state index is 0.0162. The van der Waals surface area contributed by atoms with Crippen LogP contribution in [0.15, 0.2) is 42.5 Å². The molecule has 1 unspecified atom stereocenters. The lowest BCUT2D eigenvalue weighted by molar-refractivity contribution is -0.122. The van der Waals surface area contributed by atoms with Gasteiger partial charge in [0.05, 0.1) is 6.04 Å². The minimum absolute atomic E-state index is 0.0162. The van der Waals surface area contributed by atoms with Gasteiger partial charge in [-0.25, -0.2) is 0 Å². The fourth-order valence-electron chi connectivity index (χ4n) is 2.86. The molecule has 0 spiro atoms. The van der Waals surface area contributed by atoms with Crippen LogP contribution in [0.4, 0.5) is 0 Å². The van der Waals surface area contributed by atoms with Crippen molar-refractivity contribution in [1.82, 2.24) is 10.6 Å². The second-order valence-corrected chi connectivity index (χ2v) is 5.33. The molecular formula is C17H20N2O. The molecule has 0 aliphatic carbocycles. The Kier molecular flexibility index (Phi) is 3.97. The maximum absolute atomic E-state index is 11.9. The van der Waals surface area contributed by atoms with Crippen molar-refractivity contribution in [3.05, 3.63) is 48.0 Å². The first kappa shape index (κ1) is 13.1. The average Bonchev–Trinajstić information content (AvgIpc) is 3.02. The predicted molar refractivity (Wildman–Crippen MR) is 81.7 cm³/mol. The molecule has 2 N–H and O–H groups in total. The summed E-state index contributed by atoms with van der Waals surface area (Å²) in [5, 5.41) is 8.80. The van der Waals surface area contributed by atoms with E-state index in [1.807, 2.05) is 0 Å². The molecule has 0 bridgehead atoms. The zero-order valence-electron chi connectivity index (χ0n) is 11.6. The summed E-state index contributed by atoms with van der Waals surface area (Å²) in [5.74, 6) is 0.141. The summed E-state index contributed by atoms with van der Waals surface area (Å²) >= 11 is 0. The Balaban J connectivity index is 1.61. The van der Waals surface area contributed by atoms with Crippen LogP contribution in [0.25, 0.3) is 10.8 Å². The van der Waals surface area contributed by atoms with E-state index in [1.54, 1.807) is 0 Å². The zero-order chi connectivity index (χ0) is 13.8. The van der Waals surface area contributed by atoms with Crippen molar-refractivity contribution in [3.63, 3.8) is 0 Å². The third-order valence-corrected chi connectivity index (χ3v) is 3.95. The van der Waals surface area contributed by atoms with Crippen LogP contribution in [0, 0.1) is 0 Å². The highest BCUT2D eigenvalue weighted by molar-refractivity contribution is 5.86. The van der Waals surface area contributed by atoms with Crippen LogP contribution in [0.5, 0.6) is 0 Å². The Morgan fingerprint density at radius 1 is 1.20 bits per heavy atom. The van der Waals surface area contributed by atoms with E-state index in [0.717, 1.165) is 25.8 Å². The Morgan fingerprint density at radius 2 is 2.05 bits per heavy atom. The van der Waals surface area contributed by atoms with Gasteiger partial charge in [-0.05, 0) is 42.1 Å². The first-order valence-corrected chi connectivity index (χ1v) is 7.32. The van der Waals surface area contributed by atoms with Crippen LogP contribution < -0.4 is 10.6 Å². The molecule has 1 amide bonds. The van der Waals surface area contributed by atoms with Gasteiger partial charge in [0, 0.05) is 6.54 Å². The number of carbonyl (C=O) groups is 1. The van der Waals surface area contributed by atoms with Crippen molar-refractivity contribution in [3.8, 4) is 0 Å². The van der Waals surface area contributed by atoms with Gasteiger partial charge in [0.25, 0.3) is 0 Å². The van der Waals surface area contributed by atoms with E-state index < -0.39 is 0 Å². The van der Waals surface area contributed by atoms with Crippen LogP contribution in [0.2, 0.25) is 0 Å². The van der Waals surface area contributed by atoms with E-state index in [0.29, 0.717) is 6.54 Å². The molecule has 1 aliphatic rings. The molecule has 1 atom stereocenters. The van der Waals surface area contributed by atoms with Crippen LogP contribution in [0.3, 0.4) is 0 Å². The number of amides is 1. The summed E-state index contributed by atoms with van der Waals surface area (Å²) in [5.41, 5.74) is 1.29.